The molecular weight excluding hydrogens is 352 g/mol. The molecule has 2 heterocycles. The van der Waals surface area contributed by atoms with Gasteiger partial charge in [0.15, 0.2) is 0 Å². The van der Waals surface area contributed by atoms with Crippen molar-refractivity contribution < 1.29 is 9.32 Å². The number of amides is 2. The average Bonchev–Trinajstić information content (AvgIpc) is 3.38. The highest BCUT2D eigenvalue weighted by Gasteiger charge is 2.34. The lowest BCUT2D eigenvalue weighted by Gasteiger charge is -2.22. The molecule has 0 bridgehead atoms. The Kier molecular flexibility index (Phi) is 5.10. The van der Waals surface area contributed by atoms with Crippen LogP contribution in [-0.4, -0.2) is 27.6 Å². The molecule has 3 aromatic rings. The van der Waals surface area contributed by atoms with Crippen LogP contribution in [0.4, 0.5) is 10.5 Å². The Balaban J connectivity index is 1.48. The summed E-state index contributed by atoms with van der Waals surface area (Å²) in [7, 11) is 0. The van der Waals surface area contributed by atoms with Gasteiger partial charge in [0.2, 0.25) is 11.7 Å². The van der Waals surface area contributed by atoms with Crippen LogP contribution in [-0.2, 0) is 6.42 Å². The maximum Gasteiger partial charge on any atom is 0.322 e. The Morgan fingerprint density at radius 1 is 1.18 bits per heavy atom. The van der Waals surface area contributed by atoms with Gasteiger partial charge < -0.3 is 14.7 Å². The highest BCUT2D eigenvalue weighted by molar-refractivity contribution is 5.89. The molecule has 2 amide bonds. The standard InChI is InChI=1S/C22H24N4O2/c1-3-16-8-12-18(13-9-16)23-22(27)26-14-4-5-19(26)21-24-20(25-28-21)17-10-6-15(2)7-11-17/h6-13,19H,3-5,14H2,1-2H3,(H,23,27)/t19-/m1/s1. The summed E-state index contributed by atoms with van der Waals surface area (Å²) < 4.78 is 5.51. The van der Waals surface area contributed by atoms with Crippen LogP contribution >= 0.6 is 0 Å². The second-order valence-corrected chi connectivity index (χ2v) is 7.15. The van der Waals surface area contributed by atoms with Crippen LogP contribution in [0.5, 0.6) is 0 Å². The SMILES string of the molecule is CCc1ccc(NC(=O)N2CCC[C@@H]2c2nc(-c3ccc(C)cc3)no2)cc1. The topological polar surface area (TPSA) is 71.3 Å². The molecule has 0 unspecified atom stereocenters. The molecule has 0 aliphatic carbocycles. The van der Waals surface area contributed by atoms with E-state index in [1.165, 1.54) is 11.1 Å². The first-order valence-corrected chi connectivity index (χ1v) is 9.71. The predicted molar refractivity (Wildman–Crippen MR) is 108 cm³/mol. The number of anilines is 1. The number of rotatable bonds is 4. The van der Waals surface area contributed by atoms with Gasteiger partial charge in [-0.15, -0.1) is 0 Å². The monoisotopic (exact) mass is 376 g/mol. The molecule has 2 aromatic carbocycles. The van der Waals surface area contributed by atoms with Crippen LogP contribution in [0.15, 0.2) is 53.1 Å². The zero-order chi connectivity index (χ0) is 19.5. The molecule has 1 atom stereocenters. The van der Waals surface area contributed by atoms with E-state index in [4.69, 9.17) is 4.52 Å². The van der Waals surface area contributed by atoms with Crippen LogP contribution in [0.3, 0.4) is 0 Å². The van der Waals surface area contributed by atoms with Gasteiger partial charge in [-0.25, -0.2) is 4.79 Å². The second-order valence-electron chi connectivity index (χ2n) is 7.15. The van der Waals surface area contributed by atoms with Crippen LogP contribution in [0, 0.1) is 6.92 Å². The molecule has 0 radical (unpaired) electrons. The summed E-state index contributed by atoms with van der Waals surface area (Å²) in [6, 6.07) is 15.6. The number of urea groups is 1. The van der Waals surface area contributed by atoms with Crippen molar-refractivity contribution in [2.75, 3.05) is 11.9 Å². The molecule has 1 fully saturated rings. The van der Waals surface area contributed by atoms with E-state index in [0.717, 1.165) is 30.5 Å². The Morgan fingerprint density at radius 2 is 1.93 bits per heavy atom. The Morgan fingerprint density at radius 3 is 2.64 bits per heavy atom. The molecular formula is C22H24N4O2. The third-order valence-corrected chi connectivity index (χ3v) is 5.16. The highest BCUT2D eigenvalue weighted by atomic mass is 16.5. The molecule has 4 rings (SSSR count). The van der Waals surface area contributed by atoms with E-state index in [1.807, 2.05) is 55.5 Å². The van der Waals surface area contributed by atoms with Gasteiger partial charge in [-0.1, -0.05) is 54.0 Å². The average molecular weight is 376 g/mol. The second kappa shape index (κ2) is 7.84. The number of aryl methyl sites for hydroxylation is 2. The Hall–Kier alpha value is -3.15. The fourth-order valence-corrected chi connectivity index (χ4v) is 3.48. The zero-order valence-corrected chi connectivity index (χ0v) is 16.2. The number of benzene rings is 2. The minimum absolute atomic E-state index is 0.137. The molecule has 6 heteroatoms. The first-order valence-electron chi connectivity index (χ1n) is 9.71. The van der Waals surface area contributed by atoms with E-state index in [2.05, 4.69) is 22.4 Å². The molecule has 1 aromatic heterocycles. The third kappa shape index (κ3) is 3.76. The fourth-order valence-electron chi connectivity index (χ4n) is 3.48. The predicted octanol–water partition coefficient (Wildman–Crippen LogP) is 4.98. The number of hydrogen-bond acceptors (Lipinski definition) is 4. The van der Waals surface area contributed by atoms with Crippen LogP contribution in [0.1, 0.15) is 42.8 Å². The summed E-state index contributed by atoms with van der Waals surface area (Å²) >= 11 is 0. The van der Waals surface area contributed by atoms with Crippen LogP contribution in [0.2, 0.25) is 0 Å². The molecule has 1 saturated heterocycles. The summed E-state index contributed by atoms with van der Waals surface area (Å²) in [6.07, 6.45) is 2.70. The summed E-state index contributed by atoms with van der Waals surface area (Å²) in [6.45, 7) is 4.82. The van der Waals surface area contributed by atoms with Crippen molar-refractivity contribution in [2.45, 2.75) is 39.2 Å². The molecule has 28 heavy (non-hydrogen) atoms. The maximum absolute atomic E-state index is 12.8. The van der Waals surface area contributed by atoms with Crippen molar-refractivity contribution in [3.63, 3.8) is 0 Å². The largest absolute Gasteiger partial charge is 0.337 e. The number of hydrogen-bond donors (Lipinski definition) is 1. The van der Waals surface area contributed by atoms with Gasteiger partial charge in [0, 0.05) is 17.8 Å². The van der Waals surface area contributed by atoms with E-state index >= 15 is 0 Å². The van der Waals surface area contributed by atoms with Crippen molar-refractivity contribution in [1.29, 1.82) is 0 Å². The van der Waals surface area contributed by atoms with Crippen molar-refractivity contribution >= 4 is 11.7 Å². The summed E-state index contributed by atoms with van der Waals surface area (Å²) in [5, 5.41) is 7.09. The van der Waals surface area contributed by atoms with Gasteiger partial charge in [0.1, 0.15) is 6.04 Å². The quantitative estimate of drug-likeness (QED) is 0.697. The molecule has 1 aliphatic heterocycles. The lowest BCUT2D eigenvalue weighted by Crippen LogP contribution is -2.34. The van der Waals surface area contributed by atoms with Crippen molar-refractivity contribution in [3.8, 4) is 11.4 Å². The minimum Gasteiger partial charge on any atom is -0.337 e. The van der Waals surface area contributed by atoms with Gasteiger partial charge in [0.05, 0.1) is 0 Å². The Labute approximate surface area is 164 Å². The molecule has 6 nitrogen and oxygen atoms in total. The molecule has 144 valence electrons. The molecule has 0 spiro atoms. The van der Waals surface area contributed by atoms with Crippen molar-refractivity contribution in [3.05, 3.63) is 65.5 Å². The van der Waals surface area contributed by atoms with E-state index in [1.54, 1.807) is 4.90 Å². The smallest absolute Gasteiger partial charge is 0.322 e. The van der Waals surface area contributed by atoms with E-state index in [0.29, 0.717) is 18.3 Å². The lowest BCUT2D eigenvalue weighted by atomic mass is 10.1. The van der Waals surface area contributed by atoms with E-state index in [9.17, 15) is 4.79 Å². The van der Waals surface area contributed by atoms with Crippen LogP contribution in [0.25, 0.3) is 11.4 Å². The highest BCUT2D eigenvalue weighted by Crippen LogP contribution is 2.32. The van der Waals surface area contributed by atoms with E-state index < -0.39 is 0 Å². The number of nitrogens with zero attached hydrogens (tertiary/aromatic N) is 3. The zero-order valence-electron chi connectivity index (χ0n) is 16.2. The summed E-state index contributed by atoms with van der Waals surface area (Å²) in [5.74, 6) is 1.04. The van der Waals surface area contributed by atoms with Gasteiger partial charge in [-0.2, -0.15) is 4.98 Å². The number of carbonyl (C=O) groups excluding carboxylic acids is 1. The minimum atomic E-state index is -0.193. The number of carbonyl (C=O) groups is 1. The number of aromatic nitrogens is 2. The fraction of sp³-hybridized carbons (Fsp3) is 0.318. The number of nitrogens with one attached hydrogen (secondary N) is 1. The summed E-state index contributed by atoms with van der Waals surface area (Å²) in [5.41, 5.74) is 4.12. The van der Waals surface area contributed by atoms with Gasteiger partial charge in [0.25, 0.3) is 0 Å². The third-order valence-electron chi connectivity index (χ3n) is 5.16. The maximum atomic E-state index is 12.8. The molecule has 1 N–H and O–H groups in total. The van der Waals surface area contributed by atoms with Crippen LogP contribution < -0.4 is 5.32 Å². The first-order chi connectivity index (χ1) is 13.6. The lowest BCUT2D eigenvalue weighted by molar-refractivity contribution is 0.193. The Bertz CT molecular complexity index is 947. The van der Waals surface area contributed by atoms with Gasteiger partial charge in [-0.3, -0.25) is 0 Å². The normalized spacial score (nSPS) is 16.4. The first kappa shape index (κ1) is 18.2. The van der Waals surface area contributed by atoms with Crippen molar-refractivity contribution in [1.82, 2.24) is 15.0 Å². The van der Waals surface area contributed by atoms with Gasteiger partial charge >= 0.3 is 6.03 Å². The van der Waals surface area contributed by atoms with Gasteiger partial charge in [-0.05, 0) is 43.9 Å². The van der Waals surface area contributed by atoms with Crippen molar-refractivity contribution in [2.24, 2.45) is 0 Å². The summed E-state index contributed by atoms with van der Waals surface area (Å²) in [4.78, 5) is 19.1. The number of likely N-dealkylation sites (tertiary alicyclic amines) is 1. The molecule has 1 aliphatic rings. The van der Waals surface area contributed by atoms with E-state index in [-0.39, 0.29) is 12.1 Å². The molecule has 0 saturated carbocycles.